The van der Waals surface area contributed by atoms with Crippen molar-refractivity contribution in [2.24, 2.45) is 11.3 Å². The lowest BCUT2D eigenvalue weighted by Crippen LogP contribution is -2.43. The van der Waals surface area contributed by atoms with Gasteiger partial charge < -0.3 is 10.2 Å². The molecule has 2 saturated carbocycles. The first-order valence-electron chi connectivity index (χ1n) is 6.89. The predicted molar refractivity (Wildman–Crippen MR) is 69.8 cm³/mol. The second-order valence-corrected chi connectivity index (χ2v) is 6.49. The fourth-order valence-electron chi connectivity index (χ4n) is 3.07. The van der Waals surface area contributed by atoms with E-state index in [2.05, 4.69) is 19.2 Å². The van der Waals surface area contributed by atoms with Crippen LogP contribution in [-0.4, -0.2) is 37.0 Å². The third-order valence-electron chi connectivity index (χ3n) is 4.81. The van der Waals surface area contributed by atoms with Crippen LogP contribution >= 0.6 is 0 Å². The summed E-state index contributed by atoms with van der Waals surface area (Å²) in [5.74, 6) is 0.664. The molecule has 1 unspecified atom stereocenters. The summed E-state index contributed by atoms with van der Waals surface area (Å²) in [6.07, 6.45) is 5.78. The fraction of sp³-hybridized carbons (Fsp3) is 0.929. The molecular weight excluding hydrogens is 212 g/mol. The SMILES string of the molecule is CNC1CCC(N(C)C(=O)C2CC2(C)C)CC1. The van der Waals surface area contributed by atoms with Crippen molar-refractivity contribution in [1.82, 2.24) is 10.2 Å². The van der Waals surface area contributed by atoms with Crippen LogP contribution in [0.15, 0.2) is 0 Å². The van der Waals surface area contributed by atoms with Crippen LogP contribution < -0.4 is 5.32 Å². The molecule has 3 heteroatoms. The highest BCUT2D eigenvalue weighted by atomic mass is 16.2. The van der Waals surface area contributed by atoms with Crippen LogP contribution in [0.2, 0.25) is 0 Å². The van der Waals surface area contributed by atoms with Gasteiger partial charge in [0.1, 0.15) is 0 Å². The molecule has 0 heterocycles. The molecule has 0 aromatic carbocycles. The lowest BCUT2D eigenvalue weighted by molar-refractivity contribution is -0.134. The van der Waals surface area contributed by atoms with Gasteiger partial charge in [0.05, 0.1) is 0 Å². The largest absolute Gasteiger partial charge is 0.343 e. The van der Waals surface area contributed by atoms with E-state index >= 15 is 0 Å². The maximum absolute atomic E-state index is 12.3. The van der Waals surface area contributed by atoms with Gasteiger partial charge in [0.25, 0.3) is 0 Å². The second kappa shape index (κ2) is 4.60. The lowest BCUT2D eigenvalue weighted by atomic mass is 9.90. The van der Waals surface area contributed by atoms with Crippen molar-refractivity contribution >= 4 is 5.91 Å². The molecule has 0 aliphatic heterocycles. The molecule has 0 spiro atoms. The minimum atomic E-state index is 0.257. The summed E-state index contributed by atoms with van der Waals surface area (Å²) in [6.45, 7) is 4.39. The molecular formula is C14H26N2O. The van der Waals surface area contributed by atoms with Gasteiger partial charge in [0.15, 0.2) is 0 Å². The fourth-order valence-corrected chi connectivity index (χ4v) is 3.07. The van der Waals surface area contributed by atoms with E-state index in [-0.39, 0.29) is 11.3 Å². The van der Waals surface area contributed by atoms with Gasteiger partial charge in [-0.15, -0.1) is 0 Å². The number of rotatable bonds is 3. The van der Waals surface area contributed by atoms with Gasteiger partial charge in [-0.3, -0.25) is 4.79 Å². The first-order valence-corrected chi connectivity index (χ1v) is 6.89. The standard InChI is InChI=1S/C14H26N2O/c1-14(2)9-12(14)13(17)16(4)11-7-5-10(15-3)6-8-11/h10-12,15H,5-9H2,1-4H3. The Morgan fingerprint density at radius 1 is 1.24 bits per heavy atom. The molecule has 98 valence electrons. The van der Waals surface area contributed by atoms with E-state index in [1.54, 1.807) is 0 Å². The highest BCUT2D eigenvalue weighted by molar-refractivity contribution is 5.82. The average molecular weight is 238 g/mol. The Hall–Kier alpha value is -0.570. The van der Waals surface area contributed by atoms with Crippen LogP contribution in [0, 0.1) is 11.3 Å². The number of carbonyl (C=O) groups excluding carboxylic acids is 1. The highest BCUT2D eigenvalue weighted by Crippen LogP contribution is 2.52. The first kappa shape index (κ1) is 12.9. The monoisotopic (exact) mass is 238 g/mol. The molecule has 0 bridgehead atoms. The van der Waals surface area contributed by atoms with E-state index in [4.69, 9.17) is 0 Å². The highest BCUT2D eigenvalue weighted by Gasteiger charge is 2.52. The molecule has 0 saturated heterocycles. The summed E-state index contributed by atoms with van der Waals surface area (Å²) in [5.41, 5.74) is 0.257. The van der Waals surface area contributed by atoms with Crippen LogP contribution in [0.25, 0.3) is 0 Å². The van der Waals surface area contributed by atoms with Crippen LogP contribution in [-0.2, 0) is 4.79 Å². The van der Waals surface area contributed by atoms with Gasteiger partial charge in [-0.25, -0.2) is 0 Å². The smallest absolute Gasteiger partial charge is 0.226 e. The molecule has 2 fully saturated rings. The average Bonchev–Trinajstić information content (AvgIpc) is 2.97. The van der Waals surface area contributed by atoms with E-state index in [1.165, 1.54) is 12.8 Å². The van der Waals surface area contributed by atoms with Crippen LogP contribution in [0.1, 0.15) is 46.0 Å². The molecule has 1 N–H and O–H groups in total. The number of nitrogens with zero attached hydrogens (tertiary/aromatic N) is 1. The summed E-state index contributed by atoms with van der Waals surface area (Å²) in [4.78, 5) is 14.3. The topological polar surface area (TPSA) is 32.3 Å². The molecule has 2 aliphatic carbocycles. The quantitative estimate of drug-likeness (QED) is 0.816. The Bertz CT molecular complexity index is 293. The summed E-state index contributed by atoms with van der Waals surface area (Å²) >= 11 is 0. The second-order valence-electron chi connectivity index (χ2n) is 6.49. The number of carbonyl (C=O) groups is 1. The van der Waals surface area contributed by atoms with Crippen molar-refractivity contribution in [3.8, 4) is 0 Å². The zero-order valence-corrected chi connectivity index (χ0v) is 11.6. The van der Waals surface area contributed by atoms with E-state index in [9.17, 15) is 4.79 Å². The minimum Gasteiger partial charge on any atom is -0.343 e. The predicted octanol–water partition coefficient (Wildman–Crippen LogP) is 2.02. The molecule has 1 atom stereocenters. The Morgan fingerprint density at radius 2 is 1.76 bits per heavy atom. The molecule has 3 nitrogen and oxygen atoms in total. The van der Waals surface area contributed by atoms with E-state index in [0.29, 0.717) is 18.0 Å². The Labute approximate surface area is 105 Å². The molecule has 2 rings (SSSR count). The van der Waals surface area contributed by atoms with Gasteiger partial charge in [-0.05, 0) is 44.6 Å². The maximum atomic E-state index is 12.3. The van der Waals surface area contributed by atoms with Crippen molar-refractivity contribution in [3.63, 3.8) is 0 Å². The third-order valence-corrected chi connectivity index (χ3v) is 4.81. The molecule has 0 radical (unpaired) electrons. The van der Waals surface area contributed by atoms with Crippen molar-refractivity contribution < 1.29 is 4.79 Å². The van der Waals surface area contributed by atoms with Crippen molar-refractivity contribution in [1.29, 1.82) is 0 Å². The van der Waals surface area contributed by atoms with Crippen LogP contribution in [0.5, 0.6) is 0 Å². The zero-order valence-electron chi connectivity index (χ0n) is 11.6. The third kappa shape index (κ3) is 2.65. The van der Waals surface area contributed by atoms with Gasteiger partial charge in [0.2, 0.25) is 5.91 Å². The minimum absolute atomic E-state index is 0.257. The Morgan fingerprint density at radius 3 is 2.18 bits per heavy atom. The van der Waals surface area contributed by atoms with E-state index < -0.39 is 0 Å². The van der Waals surface area contributed by atoms with E-state index in [0.717, 1.165) is 19.3 Å². The summed E-state index contributed by atoms with van der Waals surface area (Å²) in [5, 5.41) is 3.34. The first-order chi connectivity index (χ1) is 7.95. The van der Waals surface area contributed by atoms with Gasteiger partial charge >= 0.3 is 0 Å². The number of nitrogens with one attached hydrogen (secondary N) is 1. The van der Waals surface area contributed by atoms with Crippen molar-refractivity contribution in [3.05, 3.63) is 0 Å². The van der Waals surface area contributed by atoms with Crippen molar-refractivity contribution in [2.45, 2.75) is 58.0 Å². The normalized spacial score (nSPS) is 35.4. The molecule has 0 aromatic heterocycles. The number of hydrogen-bond donors (Lipinski definition) is 1. The summed E-state index contributed by atoms with van der Waals surface area (Å²) < 4.78 is 0. The Kier molecular flexibility index (Phi) is 3.48. The van der Waals surface area contributed by atoms with Crippen LogP contribution in [0.4, 0.5) is 0 Å². The molecule has 17 heavy (non-hydrogen) atoms. The molecule has 1 amide bonds. The lowest BCUT2D eigenvalue weighted by Gasteiger charge is -2.35. The number of hydrogen-bond acceptors (Lipinski definition) is 2. The van der Waals surface area contributed by atoms with E-state index in [1.807, 2.05) is 19.0 Å². The Balaban J connectivity index is 1.85. The van der Waals surface area contributed by atoms with Gasteiger partial charge in [-0.1, -0.05) is 13.8 Å². The molecule has 0 aromatic rings. The zero-order chi connectivity index (χ0) is 12.6. The van der Waals surface area contributed by atoms with Crippen LogP contribution in [0.3, 0.4) is 0 Å². The summed E-state index contributed by atoms with van der Waals surface area (Å²) in [7, 11) is 4.04. The maximum Gasteiger partial charge on any atom is 0.226 e. The van der Waals surface area contributed by atoms with Gasteiger partial charge in [-0.2, -0.15) is 0 Å². The number of amides is 1. The molecule has 2 aliphatic rings. The van der Waals surface area contributed by atoms with Crippen molar-refractivity contribution in [2.75, 3.05) is 14.1 Å². The summed E-state index contributed by atoms with van der Waals surface area (Å²) in [6, 6.07) is 1.13. The van der Waals surface area contributed by atoms with Gasteiger partial charge in [0, 0.05) is 25.0 Å².